The van der Waals surface area contributed by atoms with Gasteiger partial charge in [0.25, 0.3) is 5.91 Å². The highest BCUT2D eigenvalue weighted by atomic mass is 35.5. The second kappa shape index (κ2) is 13.3. The summed E-state index contributed by atoms with van der Waals surface area (Å²) in [4.78, 5) is 45.5. The zero-order valence-electron chi connectivity index (χ0n) is 21.2. The molecule has 0 saturated carbocycles. The third kappa shape index (κ3) is 6.96. The lowest BCUT2D eigenvalue weighted by molar-refractivity contribution is -0.145. The third-order valence-electron chi connectivity index (χ3n) is 6.18. The molecule has 1 aliphatic heterocycles. The van der Waals surface area contributed by atoms with E-state index in [0.717, 1.165) is 34.8 Å². The molecule has 0 unspecified atom stereocenters. The number of carbonyl (C=O) groups is 3. The average Bonchev–Trinajstić information content (AvgIpc) is 3.65. The molecular weight excluding hydrogens is 546 g/mol. The van der Waals surface area contributed by atoms with E-state index in [-0.39, 0.29) is 25.0 Å². The number of amides is 2. The highest BCUT2D eigenvalue weighted by Gasteiger charge is 2.26. The molecule has 12 heteroatoms. The second-order valence-electron chi connectivity index (χ2n) is 8.71. The fourth-order valence-electron chi connectivity index (χ4n) is 4.17. The number of carbonyl (C=O) groups excluding carboxylic acids is 3. The Morgan fingerprint density at radius 1 is 1.29 bits per heavy atom. The number of anilines is 1. The van der Waals surface area contributed by atoms with Crippen molar-refractivity contribution in [3.05, 3.63) is 63.3 Å². The Kier molecular flexibility index (Phi) is 9.84. The first-order chi connectivity index (χ1) is 18.4. The largest absolute Gasteiger partial charge is 0.464 e. The highest BCUT2D eigenvalue weighted by Crippen LogP contribution is 2.32. The molecular formula is C26H30ClN5O4S2. The topological polar surface area (TPSA) is 106 Å². The number of hydrogen-bond acceptors (Lipinski definition) is 8. The minimum atomic E-state index is -0.817. The van der Waals surface area contributed by atoms with Crippen molar-refractivity contribution in [3.63, 3.8) is 0 Å². The van der Waals surface area contributed by atoms with Crippen LogP contribution in [-0.2, 0) is 34.2 Å². The number of aryl methyl sites for hydroxylation is 1. The molecule has 1 saturated heterocycles. The van der Waals surface area contributed by atoms with Crippen LogP contribution in [0.15, 0.2) is 47.6 Å². The lowest BCUT2D eigenvalue weighted by atomic mass is 10.1. The van der Waals surface area contributed by atoms with Crippen LogP contribution in [0.3, 0.4) is 0 Å². The number of nitrogens with one attached hydrogen (secondary N) is 2. The molecule has 3 heterocycles. The maximum absolute atomic E-state index is 13.1. The number of ether oxygens (including phenoxy) is 1. The highest BCUT2D eigenvalue weighted by molar-refractivity contribution is 7.97. The van der Waals surface area contributed by atoms with E-state index in [1.54, 1.807) is 18.3 Å². The predicted molar refractivity (Wildman–Crippen MR) is 150 cm³/mol. The molecule has 1 aromatic carbocycles. The van der Waals surface area contributed by atoms with Crippen molar-refractivity contribution in [2.45, 2.75) is 43.5 Å². The maximum Gasteiger partial charge on any atom is 0.325 e. The SMILES string of the molecule is CCc1c(SN[C@@H](CNC(=O)c2ccc(Cl)s2)C(=O)OCCc2nccn2C)cccc1N1CCCC1=O. The number of aromatic nitrogens is 2. The molecule has 0 bridgehead atoms. The molecule has 202 valence electrons. The first kappa shape index (κ1) is 28.2. The molecule has 38 heavy (non-hydrogen) atoms. The van der Waals surface area contributed by atoms with Crippen LogP contribution in [0.25, 0.3) is 0 Å². The first-order valence-corrected chi connectivity index (χ1v) is 14.4. The Bertz CT molecular complexity index is 1290. The van der Waals surface area contributed by atoms with Gasteiger partial charge in [-0.1, -0.05) is 24.6 Å². The standard InChI is InChI=1S/C26H30ClN5O4S2/c1-3-17-19(32-13-5-8-24(32)33)6-4-7-20(17)38-30-18(16-29-25(34)21-9-10-22(27)37-21)26(35)36-15-11-23-28-12-14-31(23)2/h4,6-7,9-10,12,14,18,30H,3,5,8,11,13,15-16H2,1-2H3,(H,29,34)/t18-/m0/s1. The number of esters is 1. The van der Waals surface area contributed by atoms with Crippen LogP contribution in [0.1, 0.15) is 40.8 Å². The predicted octanol–water partition coefficient (Wildman–Crippen LogP) is 4.01. The fourth-order valence-corrected chi connectivity index (χ4v) is 6.09. The number of hydrogen-bond donors (Lipinski definition) is 2. The summed E-state index contributed by atoms with van der Waals surface area (Å²) in [5, 5.41) is 2.80. The molecule has 2 aromatic heterocycles. The Morgan fingerprint density at radius 3 is 2.79 bits per heavy atom. The van der Waals surface area contributed by atoms with Crippen molar-refractivity contribution in [2.75, 3.05) is 24.6 Å². The lowest BCUT2D eigenvalue weighted by Crippen LogP contribution is -2.44. The van der Waals surface area contributed by atoms with Crippen molar-refractivity contribution in [1.29, 1.82) is 0 Å². The minimum absolute atomic E-state index is 0.0222. The van der Waals surface area contributed by atoms with Gasteiger partial charge in [0.15, 0.2) is 0 Å². The molecule has 4 rings (SSSR count). The van der Waals surface area contributed by atoms with Crippen LogP contribution in [0, 0.1) is 0 Å². The van der Waals surface area contributed by atoms with E-state index >= 15 is 0 Å². The van der Waals surface area contributed by atoms with Gasteiger partial charge in [-0.15, -0.1) is 11.3 Å². The minimum Gasteiger partial charge on any atom is -0.464 e. The van der Waals surface area contributed by atoms with Crippen molar-refractivity contribution in [3.8, 4) is 0 Å². The molecule has 0 spiro atoms. The number of rotatable bonds is 12. The second-order valence-corrected chi connectivity index (χ2v) is 11.3. The van der Waals surface area contributed by atoms with E-state index in [4.69, 9.17) is 16.3 Å². The van der Waals surface area contributed by atoms with Gasteiger partial charge in [0.1, 0.15) is 11.9 Å². The van der Waals surface area contributed by atoms with E-state index < -0.39 is 12.0 Å². The number of halogens is 1. The molecule has 0 radical (unpaired) electrons. The summed E-state index contributed by atoms with van der Waals surface area (Å²) in [6, 6.07) is 8.30. The Hall–Kier alpha value is -2.86. The zero-order valence-corrected chi connectivity index (χ0v) is 23.6. The van der Waals surface area contributed by atoms with Gasteiger partial charge in [0.2, 0.25) is 5.91 Å². The van der Waals surface area contributed by atoms with E-state index in [0.29, 0.717) is 28.6 Å². The van der Waals surface area contributed by atoms with Gasteiger partial charge in [-0.25, -0.2) is 9.71 Å². The molecule has 0 aliphatic carbocycles. The van der Waals surface area contributed by atoms with Gasteiger partial charge in [0, 0.05) is 56.0 Å². The molecule has 1 fully saturated rings. The van der Waals surface area contributed by atoms with Crippen molar-refractivity contribution >= 4 is 58.4 Å². The smallest absolute Gasteiger partial charge is 0.325 e. The van der Waals surface area contributed by atoms with E-state index in [2.05, 4.69) is 15.0 Å². The summed E-state index contributed by atoms with van der Waals surface area (Å²) in [6.07, 6.45) is 6.12. The van der Waals surface area contributed by atoms with Crippen molar-refractivity contribution in [2.24, 2.45) is 7.05 Å². The van der Waals surface area contributed by atoms with Gasteiger partial charge in [0.05, 0.1) is 15.8 Å². The normalized spacial score (nSPS) is 14.1. The summed E-state index contributed by atoms with van der Waals surface area (Å²) in [5.74, 6) is 0.129. The number of thiophene rings is 1. The molecule has 1 aliphatic rings. The Balaban J connectivity index is 1.44. The first-order valence-electron chi connectivity index (χ1n) is 12.4. The van der Waals surface area contributed by atoms with Crippen LogP contribution in [-0.4, -0.2) is 53.1 Å². The zero-order chi connectivity index (χ0) is 27.1. The summed E-state index contributed by atoms with van der Waals surface area (Å²) in [6.45, 7) is 2.93. The van der Waals surface area contributed by atoms with Crippen molar-refractivity contribution < 1.29 is 19.1 Å². The summed E-state index contributed by atoms with van der Waals surface area (Å²) < 4.78 is 11.1. The maximum atomic E-state index is 13.1. The monoisotopic (exact) mass is 575 g/mol. The summed E-state index contributed by atoms with van der Waals surface area (Å²) in [5.41, 5.74) is 1.93. The molecule has 3 aromatic rings. The number of benzene rings is 1. The van der Waals surface area contributed by atoms with Crippen LogP contribution >= 0.6 is 34.9 Å². The van der Waals surface area contributed by atoms with Gasteiger partial charge in [-0.2, -0.15) is 0 Å². The van der Waals surface area contributed by atoms with E-state index in [1.807, 2.05) is 47.8 Å². The van der Waals surface area contributed by atoms with E-state index in [9.17, 15) is 14.4 Å². The Morgan fingerprint density at radius 2 is 2.13 bits per heavy atom. The van der Waals surface area contributed by atoms with Gasteiger partial charge >= 0.3 is 5.97 Å². The molecule has 2 amide bonds. The quantitative estimate of drug-likeness (QED) is 0.248. The lowest BCUT2D eigenvalue weighted by Gasteiger charge is -2.22. The van der Waals surface area contributed by atoms with Crippen LogP contribution in [0.4, 0.5) is 5.69 Å². The third-order valence-corrected chi connectivity index (χ3v) is 8.41. The summed E-state index contributed by atoms with van der Waals surface area (Å²) in [7, 11) is 1.88. The fraction of sp³-hybridized carbons (Fsp3) is 0.385. The average molecular weight is 576 g/mol. The van der Waals surface area contributed by atoms with Gasteiger partial charge in [-0.05, 0) is 54.6 Å². The van der Waals surface area contributed by atoms with Crippen LogP contribution < -0.4 is 14.9 Å². The van der Waals surface area contributed by atoms with Crippen molar-refractivity contribution in [1.82, 2.24) is 19.6 Å². The number of nitrogens with zero attached hydrogens (tertiary/aromatic N) is 3. The molecule has 1 atom stereocenters. The number of imidazole rings is 1. The van der Waals surface area contributed by atoms with E-state index in [1.165, 1.54) is 23.3 Å². The molecule has 9 nitrogen and oxygen atoms in total. The van der Waals surface area contributed by atoms with Crippen LogP contribution in [0.5, 0.6) is 0 Å². The van der Waals surface area contributed by atoms with Gasteiger partial charge in [-0.3, -0.25) is 14.4 Å². The summed E-state index contributed by atoms with van der Waals surface area (Å²) >= 11 is 8.42. The Labute approximate surface area is 235 Å². The van der Waals surface area contributed by atoms with Gasteiger partial charge < -0.3 is 19.5 Å². The van der Waals surface area contributed by atoms with Crippen LogP contribution in [0.2, 0.25) is 4.34 Å². The molecule has 2 N–H and O–H groups in total.